The molecule has 2 heterocycles. The van der Waals surface area contributed by atoms with Crippen molar-refractivity contribution in [1.29, 1.82) is 0 Å². The van der Waals surface area contributed by atoms with Crippen LogP contribution < -0.4 is 10.9 Å². The minimum absolute atomic E-state index is 0.124. The molecule has 0 saturated carbocycles. The lowest BCUT2D eigenvalue weighted by molar-refractivity contribution is -0.122. The molecule has 30 heavy (non-hydrogen) atoms. The van der Waals surface area contributed by atoms with Crippen LogP contribution in [0.1, 0.15) is 38.6 Å². The third-order valence-corrected chi connectivity index (χ3v) is 5.09. The van der Waals surface area contributed by atoms with Gasteiger partial charge < -0.3 is 10.3 Å². The van der Waals surface area contributed by atoms with Gasteiger partial charge in [-0.25, -0.2) is 9.97 Å². The second-order valence-corrected chi connectivity index (χ2v) is 7.90. The van der Waals surface area contributed by atoms with E-state index in [1.54, 1.807) is 12.1 Å². The molecule has 1 amide bonds. The first-order chi connectivity index (χ1) is 14.5. The maximum atomic E-state index is 12.7. The molecular weight excluding hydrogens is 378 g/mol. The number of H-pyrrole nitrogens is 1. The predicted octanol–water partition coefficient (Wildman–Crippen LogP) is 3.57. The van der Waals surface area contributed by atoms with Crippen LogP contribution in [0.2, 0.25) is 0 Å². The minimum atomic E-state index is -0.212. The minimum Gasteiger partial charge on any atom is -0.346 e. The highest BCUT2D eigenvalue weighted by molar-refractivity contribution is 5.78. The van der Waals surface area contributed by atoms with Gasteiger partial charge in [0, 0.05) is 13.0 Å². The van der Waals surface area contributed by atoms with Crippen LogP contribution in [0.5, 0.6) is 0 Å². The molecule has 2 aromatic carbocycles. The Balaban J connectivity index is 1.48. The standard InChI is InChI=1S/C23H25N5O2/c1-15(2)13-20(22-26-18-9-5-6-10-19(18)27-22)25-21(29)11-12-28-14-24-17-8-4-3-7-16(17)23(28)30/h3-10,14-15,20H,11-13H2,1-2H3,(H,25,29)(H,26,27)/t20-/m0/s1. The Morgan fingerprint density at radius 2 is 1.83 bits per heavy atom. The van der Waals surface area contributed by atoms with E-state index in [1.165, 1.54) is 10.9 Å². The van der Waals surface area contributed by atoms with Gasteiger partial charge in [-0.15, -0.1) is 0 Å². The smallest absolute Gasteiger partial charge is 0.261 e. The Morgan fingerprint density at radius 1 is 1.10 bits per heavy atom. The molecule has 0 aliphatic heterocycles. The van der Waals surface area contributed by atoms with Crippen molar-refractivity contribution in [3.63, 3.8) is 0 Å². The summed E-state index contributed by atoms with van der Waals surface area (Å²) in [6, 6.07) is 14.8. The zero-order chi connectivity index (χ0) is 21.1. The molecule has 154 valence electrons. The number of aromatic nitrogens is 4. The molecule has 0 bridgehead atoms. The topological polar surface area (TPSA) is 92.7 Å². The van der Waals surface area contributed by atoms with E-state index in [-0.39, 0.29) is 30.5 Å². The number of amides is 1. The fourth-order valence-corrected chi connectivity index (χ4v) is 3.60. The van der Waals surface area contributed by atoms with E-state index in [2.05, 4.69) is 34.1 Å². The van der Waals surface area contributed by atoms with Crippen LogP contribution in [0, 0.1) is 5.92 Å². The number of aromatic amines is 1. The van der Waals surface area contributed by atoms with Crippen LogP contribution in [0.25, 0.3) is 21.9 Å². The number of nitrogens with zero attached hydrogens (tertiary/aromatic N) is 3. The maximum Gasteiger partial charge on any atom is 0.261 e. The monoisotopic (exact) mass is 403 g/mol. The first kappa shape index (κ1) is 19.8. The number of nitrogens with one attached hydrogen (secondary N) is 2. The lowest BCUT2D eigenvalue weighted by Gasteiger charge is -2.19. The van der Waals surface area contributed by atoms with E-state index in [4.69, 9.17) is 0 Å². The summed E-state index contributed by atoms with van der Waals surface area (Å²) in [5.74, 6) is 1.01. The molecule has 2 aromatic heterocycles. The van der Waals surface area contributed by atoms with Gasteiger partial charge >= 0.3 is 0 Å². The number of fused-ring (bicyclic) bond motifs is 2. The molecule has 2 N–H and O–H groups in total. The van der Waals surface area contributed by atoms with Gasteiger partial charge in [-0.2, -0.15) is 0 Å². The summed E-state index contributed by atoms with van der Waals surface area (Å²) in [5.41, 5.74) is 2.35. The van der Waals surface area contributed by atoms with Crippen molar-refractivity contribution in [2.45, 2.75) is 39.3 Å². The molecule has 1 atom stereocenters. The van der Waals surface area contributed by atoms with E-state index in [0.717, 1.165) is 23.3 Å². The Labute approximate surface area is 174 Å². The van der Waals surface area contributed by atoms with Gasteiger partial charge in [-0.05, 0) is 36.6 Å². The van der Waals surface area contributed by atoms with Crippen molar-refractivity contribution < 1.29 is 4.79 Å². The number of aryl methyl sites for hydroxylation is 1. The number of para-hydroxylation sites is 3. The Morgan fingerprint density at radius 3 is 2.60 bits per heavy atom. The predicted molar refractivity (Wildman–Crippen MR) is 117 cm³/mol. The lowest BCUT2D eigenvalue weighted by atomic mass is 10.0. The van der Waals surface area contributed by atoms with Crippen molar-refractivity contribution >= 4 is 27.8 Å². The summed E-state index contributed by atoms with van der Waals surface area (Å²) in [6.45, 7) is 4.50. The molecular formula is C23H25N5O2. The highest BCUT2D eigenvalue weighted by Crippen LogP contribution is 2.22. The molecule has 0 fully saturated rings. The van der Waals surface area contributed by atoms with Crippen molar-refractivity contribution in [3.05, 3.63) is 71.0 Å². The summed E-state index contributed by atoms with van der Waals surface area (Å²) in [5, 5.41) is 3.64. The average molecular weight is 403 g/mol. The fourth-order valence-electron chi connectivity index (χ4n) is 3.60. The normalized spacial score (nSPS) is 12.5. The fraction of sp³-hybridized carbons (Fsp3) is 0.304. The van der Waals surface area contributed by atoms with Gasteiger partial charge in [0.15, 0.2) is 0 Å². The average Bonchev–Trinajstić information content (AvgIpc) is 3.17. The molecule has 0 aliphatic rings. The number of benzene rings is 2. The van der Waals surface area contributed by atoms with Gasteiger partial charge in [0.05, 0.1) is 34.3 Å². The molecule has 0 unspecified atom stereocenters. The van der Waals surface area contributed by atoms with Crippen LogP contribution in [-0.2, 0) is 11.3 Å². The molecule has 0 spiro atoms. The molecule has 4 rings (SSSR count). The Hall–Kier alpha value is -3.48. The summed E-state index contributed by atoms with van der Waals surface area (Å²) in [6.07, 6.45) is 2.46. The van der Waals surface area contributed by atoms with E-state index in [1.807, 2.05) is 36.4 Å². The summed E-state index contributed by atoms with van der Waals surface area (Å²) >= 11 is 0. The molecule has 4 aromatic rings. The highest BCUT2D eigenvalue weighted by atomic mass is 16.2. The highest BCUT2D eigenvalue weighted by Gasteiger charge is 2.20. The molecule has 0 aliphatic carbocycles. The summed E-state index contributed by atoms with van der Waals surface area (Å²) in [7, 11) is 0. The van der Waals surface area contributed by atoms with E-state index in [9.17, 15) is 9.59 Å². The zero-order valence-corrected chi connectivity index (χ0v) is 17.1. The van der Waals surface area contributed by atoms with Crippen molar-refractivity contribution in [2.24, 2.45) is 5.92 Å². The number of carbonyl (C=O) groups is 1. The number of imidazole rings is 1. The largest absolute Gasteiger partial charge is 0.346 e. The van der Waals surface area contributed by atoms with Crippen molar-refractivity contribution in [3.8, 4) is 0 Å². The number of carbonyl (C=O) groups excluding carboxylic acids is 1. The quantitative estimate of drug-likeness (QED) is 0.493. The molecule has 0 radical (unpaired) electrons. The first-order valence-electron chi connectivity index (χ1n) is 10.2. The summed E-state index contributed by atoms with van der Waals surface area (Å²) < 4.78 is 1.49. The third-order valence-electron chi connectivity index (χ3n) is 5.09. The van der Waals surface area contributed by atoms with Gasteiger partial charge in [-0.3, -0.25) is 14.2 Å². The number of rotatable bonds is 7. The molecule has 7 heteroatoms. The van der Waals surface area contributed by atoms with Gasteiger partial charge in [-0.1, -0.05) is 38.1 Å². The van der Waals surface area contributed by atoms with Crippen LogP contribution in [-0.4, -0.2) is 25.4 Å². The SMILES string of the molecule is CC(C)C[C@H](NC(=O)CCn1cnc2ccccc2c1=O)c1nc2ccccc2[nH]1. The summed E-state index contributed by atoms with van der Waals surface area (Å²) in [4.78, 5) is 37.6. The first-order valence-corrected chi connectivity index (χ1v) is 10.2. The molecule has 7 nitrogen and oxygen atoms in total. The van der Waals surface area contributed by atoms with E-state index >= 15 is 0 Å². The van der Waals surface area contributed by atoms with Crippen molar-refractivity contribution in [2.75, 3.05) is 0 Å². The van der Waals surface area contributed by atoms with Crippen LogP contribution >= 0.6 is 0 Å². The van der Waals surface area contributed by atoms with Crippen LogP contribution in [0.3, 0.4) is 0 Å². The van der Waals surface area contributed by atoms with Crippen LogP contribution in [0.4, 0.5) is 0 Å². The molecule has 0 saturated heterocycles. The third kappa shape index (κ3) is 4.25. The van der Waals surface area contributed by atoms with E-state index in [0.29, 0.717) is 16.8 Å². The van der Waals surface area contributed by atoms with Crippen molar-refractivity contribution in [1.82, 2.24) is 24.8 Å². The maximum absolute atomic E-state index is 12.7. The van der Waals surface area contributed by atoms with Gasteiger partial charge in [0.1, 0.15) is 5.82 Å². The second-order valence-electron chi connectivity index (χ2n) is 7.90. The van der Waals surface area contributed by atoms with Gasteiger partial charge in [0.2, 0.25) is 5.91 Å². The zero-order valence-electron chi connectivity index (χ0n) is 17.1. The van der Waals surface area contributed by atoms with E-state index < -0.39 is 0 Å². The number of hydrogen-bond donors (Lipinski definition) is 2. The number of hydrogen-bond acceptors (Lipinski definition) is 4. The Bertz CT molecular complexity index is 1210. The lowest BCUT2D eigenvalue weighted by Crippen LogP contribution is -2.32. The second kappa shape index (κ2) is 8.49. The van der Waals surface area contributed by atoms with Crippen LogP contribution in [0.15, 0.2) is 59.7 Å². The Kier molecular flexibility index (Phi) is 5.61. The van der Waals surface area contributed by atoms with Gasteiger partial charge in [0.25, 0.3) is 5.56 Å².